The number of halogens is 4. The number of nitrogens with one attached hydrogen (secondary N) is 1. The van der Waals surface area contributed by atoms with E-state index in [2.05, 4.69) is 10.3 Å². The SMILES string of the molecule is CCOC(=O)c1ccc(C(=O)N(C)CC(=O)Nc2ccc(Cl)c(C(F)(F)F)c2)nc1C. The molecule has 0 saturated carbocycles. The van der Waals surface area contributed by atoms with Crippen molar-refractivity contribution in [3.63, 3.8) is 0 Å². The smallest absolute Gasteiger partial charge is 0.417 e. The lowest BCUT2D eigenvalue weighted by Gasteiger charge is -2.17. The second-order valence-electron chi connectivity index (χ2n) is 6.45. The Morgan fingerprint density at radius 1 is 1.19 bits per heavy atom. The maximum atomic E-state index is 12.9. The van der Waals surface area contributed by atoms with Gasteiger partial charge in [-0.15, -0.1) is 0 Å². The second-order valence-corrected chi connectivity index (χ2v) is 6.86. The number of ether oxygens (including phenoxy) is 1. The van der Waals surface area contributed by atoms with E-state index in [1.54, 1.807) is 6.92 Å². The molecule has 2 amide bonds. The highest BCUT2D eigenvalue weighted by atomic mass is 35.5. The number of amides is 2. The molecule has 2 aromatic rings. The number of hydrogen-bond acceptors (Lipinski definition) is 5. The van der Waals surface area contributed by atoms with Crippen molar-refractivity contribution in [1.82, 2.24) is 9.88 Å². The van der Waals surface area contributed by atoms with Crippen LogP contribution < -0.4 is 5.32 Å². The summed E-state index contributed by atoms with van der Waals surface area (Å²) in [5.41, 5.74) is -0.718. The Kier molecular flexibility index (Phi) is 7.61. The number of nitrogens with zero attached hydrogens (tertiary/aromatic N) is 2. The standard InChI is InChI=1S/C20H19ClF3N3O4/c1-4-31-19(30)13-6-8-16(25-11(13)2)18(29)27(3)10-17(28)26-12-5-7-15(21)14(9-12)20(22,23)24/h5-9H,4,10H2,1-3H3,(H,26,28). The molecule has 0 spiro atoms. The van der Waals surface area contributed by atoms with E-state index in [0.717, 1.165) is 11.0 Å². The number of aromatic nitrogens is 1. The Bertz CT molecular complexity index is 1010. The molecule has 0 bridgehead atoms. The molecule has 2 rings (SSSR count). The van der Waals surface area contributed by atoms with Crippen LogP contribution in [0, 0.1) is 6.92 Å². The molecule has 1 N–H and O–H groups in total. The lowest BCUT2D eigenvalue weighted by atomic mass is 10.1. The molecule has 166 valence electrons. The van der Waals surface area contributed by atoms with Gasteiger partial charge in [0.2, 0.25) is 5.91 Å². The van der Waals surface area contributed by atoms with E-state index >= 15 is 0 Å². The topological polar surface area (TPSA) is 88.6 Å². The summed E-state index contributed by atoms with van der Waals surface area (Å²) in [6, 6.07) is 5.67. The van der Waals surface area contributed by atoms with E-state index in [4.69, 9.17) is 16.3 Å². The lowest BCUT2D eigenvalue weighted by Crippen LogP contribution is -2.35. The van der Waals surface area contributed by atoms with Crippen molar-refractivity contribution >= 4 is 35.1 Å². The molecule has 0 unspecified atom stereocenters. The maximum absolute atomic E-state index is 12.9. The van der Waals surface area contributed by atoms with Crippen LogP contribution in [-0.4, -0.2) is 47.9 Å². The maximum Gasteiger partial charge on any atom is 0.417 e. The fraction of sp³-hybridized carbons (Fsp3) is 0.300. The van der Waals surface area contributed by atoms with Gasteiger partial charge in [0.25, 0.3) is 5.91 Å². The van der Waals surface area contributed by atoms with Crippen LogP contribution in [0.25, 0.3) is 0 Å². The Labute approximate surface area is 181 Å². The van der Waals surface area contributed by atoms with Gasteiger partial charge in [-0.2, -0.15) is 13.2 Å². The zero-order valence-corrected chi connectivity index (χ0v) is 17.6. The summed E-state index contributed by atoms with van der Waals surface area (Å²) in [5.74, 6) is -1.90. The Morgan fingerprint density at radius 3 is 2.45 bits per heavy atom. The summed E-state index contributed by atoms with van der Waals surface area (Å²) in [5, 5.41) is 1.80. The molecule has 1 aromatic heterocycles. The van der Waals surface area contributed by atoms with Crippen molar-refractivity contribution in [2.45, 2.75) is 20.0 Å². The summed E-state index contributed by atoms with van der Waals surface area (Å²) in [6.07, 6.45) is -4.68. The van der Waals surface area contributed by atoms with Gasteiger partial charge < -0.3 is 15.0 Å². The van der Waals surface area contributed by atoms with Gasteiger partial charge >= 0.3 is 12.1 Å². The zero-order valence-electron chi connectivity index (χ0n) is 16.8. The molecule has 31 heavy (non-hydrogen) atoms. The van der Waals surface area contributed by atoms with Gasteiger partial charge in [-0.05, 0) is 44.2 Å². The molecule has 0 aliphatic heterocycles. The second kappa shape index (κ2) is 9.78. The zero-order chi connectivity index (χ0) is 23.3. The van der Waals surface area contributed by atoms with Gasteiger partial charge in [-0.25, -0.2) is 9.78 Å². The van der Waals surface area contributed by atoms with Gasteiger partial charge in [0.05, 0.1) is 35.0 Å². The van der Waals surface area contributed by atoms with Gasteiger partial charge in [0.1, 0.15) is 5.69 Å². The Morgan fingerprint density at radius 2 is 1.87 bits per heavy atom. The molecule has 11 heteroatoms. The van der Waals surface area contributed by atoms with Gasteiger partial charge in [0.15, 0.2) is 0 Å². The van der Waals surface area contributed by atoms with Gasteiger partial charge in [-0.3, -0.25) is 9.59 Å². The summed E-state index contributed by atoms with van der Waals surface area (Å²) in [7, 11) is 1.33. The number of benzene rings is 1. The first-order valence-corrected chi connectivity index (χ1v) is 9.38. The van der Waals surface area contributed by atoms with Crippen LogP contribution in [-0.2, 0) is 15.7 Å². The van der Waals surface area contributed by atoms with Crippen LogP contribution in [0.2, 0.25) is 5.02 Å². The minimum atomic E-state index is -4.68. The van der Waals surface area contributed by atoms with Crippen molar-refractivity contribution < 1.29 is 32.3 Å². The highest BCUT2D eigenvalue weighted by Crippen LogP contribution is 2.36. The summed E-state index contributed by atoms with van der Waals surface area (Å²) < 4.78 is 43.7. The monoisotopic (exact) mass is 457 g/mol. The van der Waals surface area contributed by atoms with Crippen LogP contribution >= 0.6 is 11.6 Å². The van der Waals surface area contributed by atoms with Crippen molar-refractivity contribution in [3.05, 3.63) is 57.9 Å². The highest BCUT2D eigenvalue weighted by molar-refractivity contribution is 6.31. The normalized spacial score (nSPS) is 11.1. The minimum absolute atomic E-state index is 0.00769. The highest BCUT2D eigenvalue weighted by Gasteiger charge is 2.33. The van der Waals surface area contributed by atoms with Crippen molar-refractivity contribution in [3.8, 4) is 0 Å². The van der Waals surface area contributed by atoms with Crippen LogP contribution in [0.3, 0.4) is 0 Å². The minimum Gasteiger partial charge on any atom is -0.462 e. The van der Waals surface area contributed by atoms with E-state index in [-0.39, 0.29) is 29.2 Å². The van der Waals surface area contributed by atoms with Gasteiger partial charge in [0, 0.05) is 12.7 Å². The third-order valence-corrected chi connectivity index (χ3v) is 4.41. The van der Waals surface area contributed by atoms with Crippen LogP contribution in [0.1, 0.15) is 39.0 Å². The first kappa shape index (κ1) is 24.1. The third kappa shape index (κ3) is 6.17. The number of carbonyl (C=O) groups is 3. The molecule has 0 fully saturated rings. The molecule has 7 nitrogen and oxygen atoms in total. The molecule has 0 radical (unpaired) electrons. The van der Waals surface area contributed by atoms with Crippen LogP contribution in [0.5, 0.6) is 0 Å². The number of rotatable bonds is 6. The van der Waals surface area contributed by atoms with Crippen molar-refractivity contribution in [1.29, 1.82) is 0 Å². The number of pyridine rings is 1. The molecule has 1 heterocycles. The predicted molar refractivity (Wildman–Crippen MR) is 107 cm³/mol. The number of hydrogen-bond donors (Lipinski definition) is 1. The average molecular weight is 458 g/mol. The van der Waals surface area contributed by atoms with Crippen molar-refractivity contribution in [2.24, 2.45) is 0 Å². The van der Waals surface area contributed by atoms with Crippen LogP contribution in [0.15, 0.2) is 30.3 Å². The summed E-state index contributed by atoms with van der Waals surface area (Å²) in [4.78, 5) is 41.6. The van der Waals surface area contributed by atoms with Crippen molar-refractivity contribution in [2.75, 3.05) is 25.5 Å². The average Bonchev–Trinajstić information content (AvgIpc) is 2.67. The van der Waals surface area contributed by atoms with Crippen LogP contribution in [0.4, 0.5) is 18.9 Å². The molecular formula is C20H19ClF3N3O4. The fourth-order valence-electron chi connectivity index (χ4n) is 2.61. The molecule has 1 aromatic carbocycles. The molecule has 0 saturated heterocycles. The Hall–Kier alpha value is -3.14. The van der Waals surface area contributed by atoms with E-state index in [1.165, 1.54) is 32.2 Å². The predicted octanol–water partition coefficient (Wildman–Crippen LogP) is 3.95. The number of anilines is 1. The number of likely N-dealkylation sites (N-methyl/N-ethyl adjacent to an activating group) is 1. The fourth-order valence-corrected chi connectivity index (χ4v) is 2.83. The summed E-state index contributed by atoms with van der Waals surface area (Å²) >= 11 is 5.55. The molecule has 0 aliphatic carbocycles. The first-order valence-electron chi connectivity index (χ1n) is 9.00. The first-order chi connectivity index (χ1) is 14.4. The largest absolute Gasteiger partial charge is 0.462 e. The number of carbonyl (C=O) groups excluding carboxylic acids is 3. The lowest BCUT2D eigenvalue weighted by molar-refractivity contribution is -0.137. The van der Waals surface area contributed by atoms with E-state index in [1.807, 2.05) is 0 Å². The van der Waals surface area contributed by atoms with E-state index < -0.39 is 41.1 Å². The molecule has 0 aliphatic rings. The third-order valence-electron chi connectivity index (χ3n) is 4.08. The quantitative estimate of drug-likeness (QED) is 0.663. The van der Waals surface area contributed by atoms with Gasteiger partial charge in [-0.1, -0.05) is 11.6 Å². The van der Waals surface area contributed by atoms with E-state index in [0.29, 0.717) is 6.07 Å². The van der Waals surface area contributed by atoms with E-state index in [9.17, 15) is 27.6 Å². The molecular weight excluding hydrogens is 439 g/mol. The number of esters is 1. The number of alkyl halides is 3. The molecule has 0 atom stereocenters. The Balaban J connectivity index is 2.07. The number of aryl methyl sites for hydroxylation is 1. The summed E-state index contributed by atoms with van der Waals surface area (Å²) in [6.45, 7) is 2.94.